The van der Waals surface area contributed by atoms with Gasteiger partial charge in [0.25, 0.3) is 0 Å². The standard InChI is InChI=1S/C6H8S/c1-4-6-2-5(6)3-7-4/h2,4,6H,3H2,1H3/t4?,6-/m0/s1. The molecule has 7 heavy (non-hydrogen) atoms. The van der Waals surface area contributed by atoms with E-state index in [-0.39, 0.29) is 0 Å². The highest BCUT2D eigenvalue weighted by atomic mass is 32.2. The lowest BCUT2D eigenvalue weighted by Gasteiger charge is -1.97. The van der Waals surface area contributed by atoms with E-state index >= 15 is 0 Å². The zero-order chi connectivity index (χ0) is 4.85. The third kappa shape index (κ3) is 0.447. The molecule has 1 saturated heterocycles. The highest BCUT2D eigenvalue weighted by Gasteiger charge is 2.36. The Balaban J connectivity index is 2.16. The van der Waals surface area contributed by atoms with E-state index in [9.17, 15) is 0 Å². The molecule has 0 nitrogen and oxygen atoms in total. The van der Waals surface area contributed by atoms with Crippen molar-refractivity contribution in [3.8, 4) is 0 Å². The molecule has 0 aromatic carbocycles. The van der Waals surface area contributed by atoms with Crippen LogP contribution in [0.4, 0.5) is 0 Å². The number of rotatable bonds is 0. The van der Waals surface area contributed by atoms with Gasteiger partial charge < -0.3 is 0 Å². The maximum absolute atomic E-state index is 2.39. The van der Waals surface area contributed by atoms with Crippen LogP contribution >= 0.6 is 11.8 Å². The quantitative estimate of drug-likeness (QED) is 0.430. The summed E-state index contributed by atoms with van der Waals surface area (Å²) in [7, 11) is 0. The fourth-order valence-corrected chi connectivity index (χ4v) is 2.30. The molecule has 0 aromatic rings. The first-order chi connectivity index (χ1) is 3.38. The van der Waals surface area contributed by atoms with Gasteiger partial charge in [0.15, 0.2) is 0 Å². The molecule has 2 atom stereocenters. The summed E-state index contributed by atoms with van der Waals surface area (Å²) in [5, 5.41) is 0.912. The van der Waals surface area contributed by atoms with Crippen LogP contribution < -0.4 is 0 Å². The molecule has 1 heterocycles. The second-order valence-electron chi connectivity index (χ2n) is 2.28. The van der Waals surface area contributed by atoms with Crippen molar-refractivity contribution >= 4 is 11.8 Å². The predicted molar refractivity (Wildman–Crippen MR) is 33.5 cm³/mol. The average molecular weight is 112 g/mol. The third-order valence-electron chi connectivity index (χ3n) is 1.73. The van der Waals surface area contributed by atoms with Crippen LogP contribution in [0, 0.1) is 5.92 Å². The summed E-state index contributed by atoms with van der Waals surface area (Å²) in [6.45, 7) is 2.31. The minimum atomic E-state index is 0.912. The van der Waals surface area contributed by atoms with Gasteiger partial charge in [-0.05, 0) is 0 Å². The molecule has 0 amide bonds. The summed E-state index contributed by atoms with van der Waals surface area (Å²) in [6.07, 6.45) is 2.39. The lowest BCUT2D eigenvalue weighted by molar-refractivity contribution is 0.886. The number of hydrogen-bond acceptors (Lipinski definition) is 1. The first kappa shape index (κ1) is 4.02. The minimum Gasteiger partial charge on any atom is -0.153 e. The molecule has 2 rings (SSSR count). The van der Waals surface area contributed by atoms with Gasteiger partial charge in [-0.3, -0.25) is 0 Å². The molecule has 2 aliphatic rings. The smallest absolute Gasteiger partial charge is 0.0152 e. The van der Waals surface area contributed by atoms with Gasteiger partial charge >= 0.3 is 0 Å². The number of hydrogen-bond donors (Lipinski definition) is 0. The van der Waals surface area contributed by atoms with Crippen LogP contribution in [0.1, 0.15) is 6.92 Å². The van der Waals surface area contributed by atoms with Gasteiger partial charge in [0.2, 0.25) is 0 Å². The first-order valence-electron chi connectivity index (χ1n) is 2.70. The molecule has 1 heteroatoms. The summed E-state index contributed by atoms with van der Waals surface area (Å²) >= 11 is 2.09. The molecule has 1 aliphatic heterocycles. The van der Waals surface area contributed by atoms with Crippen molar-refractivity contribution in [3.63, 3.8) is 0 Å². The van der Waals surface area contributed by atoms with E-state index in [0.717, 1.165) is 11.2 Å². The zero-order valence-electron chi connectivity index (χ0n) is 4.35. The van der Waals surface area contributed by atoms with Crippen molar-refractivity contribution in [1.82, 2.24) is 0 Å². The monoisotopic (exact) mass is 112 g/mol. The van der Waals surface area contributed by atoms with Crippen molar-refractivity contribution < 1.29 is 0 Å². The Hall–Kier alpha value is 0.0900. The molecule has 38 valence electrons. The van der Waals surface area contributed by atoms with E-state index in [0.29, 0.717) is 0 Å². The maximum atomic E-state index is 2.39. The van der Waals surface area contributed by atoms with E-state index in [1.165, 1.54) is 5.75 Å². The van der Waals surface area contributed by atoms with Crippen LogP contribution in [-0.4, -0.2) is 11.0 Å². The van der Waals surface area contributed by atoms with E-state index in [1.807, 2.05) is 0 Å². The van der Waals surface area contributed by atoms with Crippen molar-refractivity contribution in [3.05, 3.63) is 11.6 Å². The minimum absolute atomic E-state index is 0.912. The van der Waals surface area contributed by atoms with Crippen LogP contribution in [0.3, 0.4) is 0 Å². The Kier molecular flexibility index (Phi) is 0.620. The predicted octanol–water partition coefficient (Wildman–Crippen LogP) is 1.68. The van der Waals surface area contributed by atoms with Gasteiger partial charge in [-0.25, -0.2) is 0 Å². The van der Waals surface area contributed by atoms with Gasteiger partial charge in [-0.2, -0.15) is 11.8 Å². The third-order valence-corrected chi connectivity index (χ3v) is 3.05. The van der Waals surface area contributed by atoms with Gasteiger partial charge in [0.05, 0.1) is 0 Å². The Morgan fingerprint density at radius 2 is 2.71 bits per heavy atom. The number of allylic oxidation sites excluding steroid dienone is 1. The van der Waals surface area contributed by atoms with E-state index < -0.39 is 0 Å². The summed E-state index contributed by atoms with van der Waals surface area (Å²) in [6, 6.07) is 0. The molecule has 0 saturated carbocycles. The SMILES string of the molecule is CC1SCC2=C[C@H]21. The van der Waals surface area contributed by atoms with Crippen LogP contribution in [-0.2, 0) is 0 Å². The van der Waals surface area contributed by atoms with Crippen LogP contribution in [0.15, 0.2) is 11.6 Å². The van der Waals surface area contributed by atoms with Crippen molar-refractivity contribution in [2.75, 3.05) is 5.75 Å². The molecule has 1 aliphatic carbocycles. The second kappa shape index (κ2) is 1.08. The topological polar surface area (TPSA) is 0 Å². The highest BCUT2D eigenvalue weighted by molar-refractivity contribution is 8.00. The van der Waals surface area contributed by atoms with E-state index in [4.69, 9.17) is 0 Å². The lowest BCUT2D eigenvalue weighted by atomic mass is 10.2. The van der Waals surface area contributed by atoms with Crippen molar-refractivity contribution in [1.29, 1.82) is 0 Å². The lowest BCUT2D eigenvalue weighted by Crippen LogP contribution is -1.92. The Labute approximate surface area is 48.0 Å². The van der Waals surface area contributed by atoms with Gasteiger partial charge in [0.1, 0.15) is 0 Å². The number of fused-ring (bicyclic) bond motifs is 1. The fraction of sp³-hybridized carbons (Fsp3) is 0.667. The molecule has 0 spiro atoms. The number of thioether (sulfide) groups is 1. The zero-order valence-corrected chi connectivity index (χ0v) is 5.16. The highest BCUT2D eigenvalue weighted by Crippen LogP contribution is 2.47. The molecule has 0 bridgehead atoms. The Morgan fingerprint density at radius 3 is 2.86 bits per heavy atom. The van der Waals surface area contributed by atoms with Crippen molar-refractivity contribution in [2.45, 2.75) is 12.2 Å². The van der Waals surface area contributed by atoms with Crippen LogP contribution in [0.5, 0.6) is 0 Å². The molecule has 0 radical (unpaired) electrons. The second-order valence-corrected chi connectivity index (χ2v) is 3.65. The summed E-state index contributed by atoms with van der Waals surface area (Å²) < 4.78 is 0. The van der Waals surface area contributed by atoms with Gasteiger partial charge in [0, 0.05) is 16.9 Å². The van der Waals surface area contributed by atoms with E-state index in [1.54, 1.807) is 5.57 Å². The molecule has 1 unspecified atom stereocenters. The molecular weight excluding hydrogens is 104 g/mol. The van der Waals surface area contributed by atoms with Crippen LogP contribution in [0.2, 0.25) is 0 Å². The average Bonchev–Trinajstić information content (AvgIpc) is 2.33. The summed E-state index contributed by atoms with van der Waals surface area (Å²) in [5.74, 6) is 2.26. The Bertz CT molecular complexity index is 126. The first-order valence-corrected chi connectivity index (χ1v) is 3.75. The molecule has 1 fully saturated rings. The summed E-state index contributed by atoms with van der Waals surface area (Å²) in [5.41, 5.74) is 1.71. The van der Waals surface area contributed by atoms with Crippen molar-refractivity contribution in [2.24, 2.45) is 5.92 Å². The molecular formula is C6H8S. The molecule has 0 aromatic heterocycles. The normalized spacial score (nSPS) is 45.6. The van der Waals surface area contributed by atoms with Crippen LogP contribution in [0.25, 0.3) is 0 Å². The van der Waals surface area contributed by atoms with E-state index in [2.05, 4.69) is 24.8 Å². The Morgan fingerprint density at radius 1 is 1.86 bits per heavy atom. The largest absolute Gasteiger partial charge is 0.153 e. The van der Waals surface area contributed by atoms with Gasteiger partial charge in [-0.15, -0.1) is 0 Å². The maximum Gasteiger partial charge on any atom is 0.0152 e. The van der Waals surface area contributed by atoms with Gasteiger partial charge in [-0.1, -0.05) is 18.6 Å². The summed E-state index contributed by atoms with van der Waals surface area (Å²) in [4.78, 5) is 0. The fourth-order valence-electron chi connectivity index (χ4n) is 1.10. The molecule has 0 N–H and O–H groups in total.